The molecule has 3 aromatic rings. The molecule has 4 heteroatoms. The zero-order valence-electron chi connectivity index (χ0n) is 14.2. The summed E-state index contributed by atoms with van der Waals surface area (Å²) in [5.41, 5.74) is 11.8. The Morgan fingerprint density at radius 2 is 1.92 bits per heavy atom. The first-order valence-electron chi connectivity index (χ1n) is 8.30. The first-order chi connectivity index (χ1) is 11.7. The average molecular weight is 359 g/mol. The van der Waals surface area contributed by atoms with Crippen LogP contribution < -0.4 is 5.73 Å². The number of nitrogens with one attached hydrogen (secondary N) is 1. The van der Waals surface area contributed by atoms with E-state index in [1.165, 1.54) is 27.1 Å². The van der Waals surface area contributed by atoms with Gasteiger partial charge in [0.2, 0.25) is 0 Å². The topological polar surface area (TPSA) is 41.8 Å². The number of hydrogen-bond donors (Lipinski definition) is 2. The summed E-state index contributed by atoms with van der Waals surface area (Å²) in [7, 11) is 0. The van der Waals surface area contributed by atoms with Gasteiger partial charge in [-0.1, -0.05) is 35.9 Å². The van der Waals surface area contributed by atoms with Gasteiger partial charge in [0.05, 0.1) is 11.2 Å². The van der Waals surface area contributed by atoms with Crippen LogP contribution in [-0.4, -0.2) is 17.8 Å². The van der Waals surface area contributed by atoms with Crippen molar-refractivity contribution in [2.24, 2.45) is 5.73 Å². The quantitative estimate of drug-likeness (QED) is 0.432. The van der Waals surface area contributed by atoms with Crippen LogP contribution in [0.25, 0.3) is 22.2 Å². The molecule has 0 aliphatic heterocycles. The third-order valence-corrected chi connectivity index (χ3v) is 5.74. The lowest BCUT2D eigenvalue weighted by molar-refractivity contribution is 0.748. The largest absolute Gasteiger partial charge is 0.354 e. The maximum absolute atomic E-state index is 6.34. The summed E-state index contributed by atoms with van der Waals surface area (Å²) in [6.45, 7) is 2.82. The van der Waals surface area contributed by atoms with E-state index in [9.17, 15) is 0 Å². The van der Waals surface area contributed by atoms with Crippen molar-refractivity contribution < 1.29 is 0 Å². The molecule has 0 atom stereocenters. The summed E-state index contributed by atoms with van der Waals surface area (Å²) in [5, 5.41) is 2.08. The minimum Gasteiger partial charge on any atom is -0.354 e. The van der Waals surface area contributed by atoms with Gasteiger partial charge in [-0.3, -0.25) is 0 Å². The average Bonchev–Trinajstić information content (AvgIpc) is 2.97. The predicted octanol–water partition coefficient (Wildman–Crippen LogP) is 5.80. The van der Waals surface area contributed by atoms with Crippen molar-refractivity contribution >= 4 is 34.3 Å². The van der Waals surface area contributed by atoms with Crippen molar-refractivity contribution in [1.82, 2.24) is 4.98 Å². The van der Waals surface area contributed by atoms with Gasteiger partial charge in [-0.05, 0) is 62.2 Å². The molecule has 2 aromatic carbocycles. The lowest BCUT2D eigenvalue weighted by Crippen LogP contribution is -1.99. The van der Waals surface area contributed by atoms with E-state index in [-0.39, 0.29) is 0 Å². The Morgan fingerprint density at radius 3 is 2.67 bits per heavy atom. The SMILES string of the molecule is CSc1ccccc1-c1[nH]c2c(C)c(Cl)ccc2c1CCCCN. The number of fused-ring (bicyclic) bond motifs is 1. The summed E-state index contributed by atoms with van der Waals surface area (Å²) >= 11 is 8.12. The molecule has 3 N–H and O–H groups in total. The van der Waals surface area contributed by atoms with Crippen molar-refractivity contribution in [2.75, 3.05) is 12.8 Å². The first-order valence-corrected chi connectivity index (χ1v) is 9.90. The van der Waals surface area contributed by atoms with Crippen LogP contribution in [0.1, 0.15) is 24.0 Å². The Kier molecular flexibility index (Phi) is 5.54. The molecule has 0 aliphatic carbocycles. The fourth-order valence-electron chi connectivity index (χ4n) is 3.22. The van der Waals surface area contributed by atoms with Crippen LogP contribution in [0.4, 0.5) is 0 Å². The standard InChI is InChI=1S/C20H23ClN2S/c1-13-17(21)11-10-15-14(7-5-6-12-22)20(23-19(13)15)16-8-3-4-9-18(16)24-2/h3-4,8-11,23H,5-7,12,22H2,1-2H3. The molecule has 1 heterocycles. The van der Waals surface area contributed by atoms with E-state index >= 15 is 0 Å². The summed E-state index contributed by atoms with van der Waals surface area (Å²) in [4.78, 5) is 4.95. The van der Waals surface area contributed by atoms with Crippen LogP contribution in [0.3, 0.4) is 0 Å². The van der Waals surface area contributed by atoms with Crippen LogP contribution in [0.5, 0.6) is 0 Å². The molecular formula is C20H23ClN2S. The van der Waals surface area contributed by atoms with Crippen LogP contribution in [0, 0.1) is 6.92 Å². The van der Waals surface area contributed by atoms with Gasteiger partial charge in [0, 0.05) is 20.9 Å². The van der Waals surface area contributed by atoms with Gasteiger partial charge in [0.1, 0.15) is 0 Å². The second kappa shape index (κ2) is 7.64. The number of benzene rings is 2. The Hall–Kier alpha value is -1.42. The first kappa shape index (κ1) is 17.4. The fraction of sp³-hybridized carbons (Fsp3) is 0.300. The second-order valence-corrected chi connectivity index (χ2v) is 7.27. The number of nitrogens with two attached hydrogens (primary N) is 1. The van der Waals surface area contributed by atoms with Crippen LogP contribution in [0.15, 0.2) is 41.3 Å². The monoisotopic (exact) mass is 358 g/mol. The number of halogens is 1. The third-order valence-electron chi connectivity index (χ3n) is 4.53. The van der Waals surface area contributed by atoms with E-state index < -0.39 is 0 Å². The van der Waals surface area contributed by atoms with Crippen molar-refractivity contribution in [3.05, 3.63) is 52.5 Å². The zero-order valence-corrected chi connectivity index (χ0v) is 15.7. The molecule has 126 valence electrons. The minimum absolute atomic E-state index is 0.740. The van der Waals surface area contributed by atoms with Gasteiger partial charge in [-0.15, -0.1) is 11.8 Å². The van der Waals surface area contributed by atoms with Crippen molar-refractivity contribution in [1.29, 1.82) is 0 Å². The van der Waals surface area contributed by atoms with Gasteiger partial charge in [0.15, 0.2) is 0 Å². The highest BCUT2D eigenvalue weighted by atomic mass is 35.5. The van der Waals surface area contributed by atoms with Gasteiger partial charge >= 0.3 is 0 Å². The summed E-state index contributed by atoms with van der Waals surface area (Å²) < 4.78 is 0. The number of aromatic amines is 1. The Balaban J connectivity index is 2.21. The number of hydrogen-bond acceptors (Lipinski definition) is 2. The molecule has 1 aromatic heterocycles. The Morgan fingerprint density at radius 1 is 1.12 bits per heavy atom. The van der Waals surface area contributed by atoms with E-state index in [2.05, 4.69) is 48.5 Å². The summed E-state index contributed by atoms with van der Waals surface area (Å²) in [6.07, 6.45) is 5.29. The number of rotatable bonds is 6. The van der Waals surface area contributed by atoms with Gasteiger partial charge < -0.3 is 10.7 Å². The van der Waals surface area contributed by atoms with Crippen molar-refractivity contribution in [3.8, 4) is 11.3 Å². The molecule has 0 fully saturated rings. The smallest absolute Gasteiger partial charge is 0.0508 e. The predicted molar refractivity (Wildman–Crippen MR) is 107 cm³/mol. The van der Waals surface area contributed by atoms with Gasteiger partial charge in [-0.25, -0.2) is 0 Å². The molecule has 0 saturated carbocycles. The molecule has 0 saturated heterocycles. The van der Waals surface area contributed by atoms with E-state index in [0.717, 1.165) is 41.9 Å². The maximum atomic E-state index is 6.34. The molecule has 3 rings (SSSR count). The van der Waals surface area contributed by atoms with Gasteiger partial charge in [-0.2, -0.15) is 0 Å². The van der Waals surface area contributed by atoms with E-state index in [1.807, 2.05) is 6.07 Å². The highest BCUT2D eigenvalue weighted by Gasteiger charge is 2.17. The lowest BCUT2D eigenvalue weighted by Gasteiger charge is -2.09. The van der Waals surface area contributed by atoms with Crippen LogP contribution in [-0.2, 0) is 6.42 Å². The number of aromatic nitrogens is 1. The third kappa shape index (κ3) is 3.21. The molecule has 0 radical (unpaired) electrons. The van der Waals surface area contributed by atoms with Crippen molar-refractivity contribution in [3.63, 3.8) is 0 Å². The molecule has 0 unspecified atom stereocenters. The highest BCUT2D eigenvalue weighted by Crippen LogP contribution is 2.38. The molecule has 0 bridgehead atoms. The number of aryl methyl sites for hydroxylation is 2. The normalized spacial score (nSPS) is 11.3. The van der Waals surface area contributed by atoms with Crippen LogP contribution >= 0.6 is 23.4 Å². The molecule has 0 spiro atoms. The van der Waals surface area contributed by atoms with Gasteiger partial charge in [0.25, 0.3) is 0 Å². The Labute approximate surface area is 152 Å². The summed E-state index contributed by atoms with van der Waals surface area (Å²) in [5.74, 6) is 0. The fourth-order valence-corrected chi connectivity index (χ4v) is 3.98. The van der Waals surface area contributed by atoms with Crippen molar-refractivity contribution in [2.45, 2.75) is 31.1 Å². The number of H-pyrrole nitrogens is 1. The molecule has 24 heavy (non-hydrogen) atoms. The summed E-state index contributed by atoms with van der Waals surface area (Å²) in [6, 6.07) is 12.7. The van der Waals surface area contributed by atoms with E-state index in [1.54, 1.807) is 11.8 Å². The zero-order chi connectivity index (χ0) is 17.1. The molecule has 0 aliphatic rings. The van der Waals surface area contributed by atoms with E-state index in [0.29, 0.717) is 0 Å². The maximum Gasteiger partial charge on any atom is 0.0508 e. The van der Waals surface area contributed by atoms with Crippen LogP contribution in [0.2, 0.25) is 5.02 Å². The minimum atomic E-state index is 0.740. The second-order valence-electron chi connectivity index (χ2n) is 6.02. The lowest BCUT2D eigenvalue weighted by atomic mass is 9.99. The number of thioether (sulfide) groups is 1. The Bertz CT molecular complexity index is 854. The molecule has 0 amide bonds. The number of unbranched alkanes of at least 4 members (excludes halogenated alkanes) is 1. The molecule has 2 nitrogen and oxygen atoms in total. The highest BCUT2D eigenvalue weighted by molar-refractivity contribution is 7.98. The van der Waals surface area contributed by atoms with E-state index in [4.69, 9.17) is 17.3 Å². The molecular weight excluding hydrogens is 336 g/mol.